The molecule has 0 bridgehead atoms. The van der Waals surface area contributed by atoms with Gasteiger partial charge in [0.15, 0.2) is 0 Å². The van der Waals surface area contributed by atoms with Gasteiger partial charge in [-0.3, -0.25) is 0 Å². The number of benzene rings is 8. The molecule has 0 unspecified atom stereocenters. The van der Waals surface area contributed by atoms with Crippen LogP contribution in [0.1, 0.15) is 70.5 Å². The minimum Gasteiger partial charge on any atom is -0.310 e. The van der Waals surface area contributed by atoms with Crippen molar-refractivity contribution in [1.29, 1.82) is 0 Å². The second kappa shape index (κ2) is 11.6. The van der Waals surface area contributed by atoms with Crippen LogP contribution in [0.15, 0.2) is 188 Å². The summed E-state index contributed by atoms with van der Waals surface area (Å²) in [4.78, 5) is 1.61. The Hall–Kier alpha value is -6.22. The summed E-state index contributed by atoms with van der Waals surface area (Å²) in [6.45, 7) is 4.17. The highest BCUT2D eigenvalue weighted by atomic mass is 32.1. The van der Waals surface area contributed by atoms with E-state index in [9.17, 15) is 12.3 Å². The lowest BCUT2D eigenvalue weighted by Crippen LogP contribution is -2.28. The lowest BCUT2D eigenvalue weighted by molar-refractivity contribution is 0.660. The fraction of sp³-hybridized carbons (Fsp3) is 0.0769. The predicted octanol–water partition coefficient (Wildman–Crippen LogP) is 14.2. The normalized spacial score (nSPS) is 18.8. The van der Waals surface area contributed by atoms with Crippen LogP contribution in [0.5, 0.6) is 0 Å². The maximum atomic E-state index is 10.7. The van der Waals surface area contributed by atoms with Gasteiger partial charge in [-0.15, -0.1) is 11.3 Å². The summed E-state index contributed by atoms with van der Waals surface area (Å²) in [5.74, 6) is 0. The van der Waals surface area contributed by atoms with E-state index < -0.39 is 147 Å². The molecule has 0 spiro atoms. The molecule has 1 nitrogen and oxygen atoms in total. The molecule has 2 aliphatic carbocycles. The van der Waals surface area contributed by atoms with Crippen molar-refractivity contribution in [1.82, 2.24) is 0 Å². The predicted molar refractivity (Wildman–Crippen MR) is 229 cm³/mol. The van der Waals surface area contributed by atoms with Gasteiger partial charge in [0, 0.05) is 42.6 Å². The average Bonchev–Trinajstić information content (AvgIpc) is 3.97. The molecule has 0 atom stereocenters. The van der Waals surface area contributed by atoms with E-state index in [-0.39, 0.29) is 5.69 Å². The Labute approximate surface area is 344 Å². The maximum Gasteiger partial charge on any atom is 0.0714 e. The lowest BCUT2D eigenvalue weighted by Gasteiger charge is -2.35. The first-order valence-corrected chi connectivity index (χ1v) is 18.3. The van der Waals surface area contributed by atoms with E-state index in [0.717, 1.165) is 42.4 Å². The number of nitrogens with zero attached hydrogens (tertiary/aromatic N) is 1. The topological polar surface area (TPSA) is 3.24 Å². The zero-order valence-corrected chi connectivity index (χ0v) is 29.8. The van der Waals surface area contributed by atoms with Gasteiger partial charge in [0.05, 0.1) is 28.7 Å². The second-order valence-corrected chi connectivity index (χ2v) is 15.1. The van der Waals surface area contributed by atoms with Crippen LogP contribution in [0.4, 0.5) is 17.1 Å². The van der Waals surface area contributed by atoms with Crippen LogP contribution < -0.4 is 4.90 Å². The third kappa shape index (κ3) is 4.32. The smallest absolute Gasteiger partial charge is 0.0714 e. The lowest BCUT2D eigenvalue weighted by atomic mass is 9.67. The van der Waals surface area contributed by atoms with Gasteiger partial charge in [0.2, 0.25) is 0 Å². The molecule has 8 aromatic carbocycles. The molecule has 0 saturated carbocycles. The van der Waals surface area contributed by atoms with Crippen LogP contribution in [0.2, 0.25) is 0 Å². The summed E-state index contributed by atoms with van der Waals surface area (Å²) in [5, 5.41) is 1.75. The molecule has 2 heteroatoms. The van der Waals surface area contributed by atoms with Crippen LogP contribution >= 0.6 is 11.3 Å². The van der Waals surface area contributed by atoms with E-state index in [0.29, 0.717) is 11.4 Å². The molecule has 0 saturated heterocycles. The Balaban J connectivity index is 1.37. The molecule has 0 fully saturated rings. The summed E-state index contributed by atoms with van der Waals surface area (Å²) < 4.78 is 161. The van der Waals surface area contributed by atoms with Crippen molar-refractivity contribution >= 4 is 48.6 Å². The molecular formula is C52H37NS. The fourth-order valence-corrected chi connectivity index (χ4v) is 9.56. The molecule has 0 amide bonds. The number of hydrogen-bond acceptors (Lipinski definition) is 2. The van der Waals surface area contributed by atoms with Crippen LogP contribution in [-0.4, -0.2) is 0 Å². The van der Waals surface area contributed by atoms with Crippen LogP contribution in [0.25, 0.3) is 42.4 Å². The quantitative estimate of drug-likeness (QED) is 0.171. The van der Waals surface area contributed by atoms with Crippen molar-refractivity contribution in [2.75, 3.05) is 4.90 Å². The Bertz CT molecular complexity index is 3790. The van der Waals surface area contributed by atoms with Crippen LogP contribution in [-0.2, 0) is 10.8 Å². The summed E-state index contributed by atoms with van der Waals surface area (Å²) in [6, 6.07) is 12.6. The molecule has 11 rings (SSSR count). The van der Waals surface area contributed by atoms with Crippen molar-refractivity contribution in [3.05, 3.63) is 221 Å². The Kier molecular flexibility index (Phi) is 4.03. The molecule has 0 N–H and O–H groups in total. The molecular weight excluding hydrogens is 671 g/mol. The zero-order valence-electron chi connectivity index (χ0n) is 45.9. The standard InChI is InChI=1S/C52H37NS/c1-51(2)45-22-12-9-19-39(45)41-28-25-37(32-47(41)51)53(36-27-30-50-44(31-36)43-21-11-14-24-49(43)54-50)38-26-29-42-40-20-10-13-23-46(40)52(48(42)33-38,34-15-5-3-6-16-34)35-17-7-4-8-18-35/h3-33H,1-2H3/i3D,4D,5D,6D,7D,8D,10D,13D,15D,16D,17D,18D,20D,23D,26D,29D,33D. The van der Waals surface area contributed by atoms with Crippen molar-refractivity contribution in [2.24, 2.45) is 0 Å². The third-order valence-corrected chi connectivity index (χ3v) is 12.1. The van der Waals surface area contributed by atoms with Gasteiger partial charge in [-0.2, -0.15) is 0 Å². The third-order valence-electron chi connectivity index (χ3n) is 10.9. The van der Waals surface area contributed by atoms with E-state index >= 15 is 0 Å². The highest BCUT2D eigenvalue weighted by Gasteiger charge is 2.46. The van der Waals surface area contributed by atoms with E-state index in [1.807, 2.05) is 72.8 Å². The summed E-state index contributed by atoms with van der Waals surface area (Å²) in [7, 11) is 0. The Morgan fingerprint density at radius 2 is 1.09 bits per heavy atom. The van der Waals surface area contributed by atoms with Gasteiger partial charge < -0.3 is 4.90 Å². The van der Waals surface area contributed by atoms with Gasteiger partial charge in [0.25, 0.3) is 0 Å². The van der Waals surface area contributed by atoms with E-state index in [1.54, 1.807) is 22.3 Å². The average molecular weight is 725 g/mol. The highest BCUT2D eigenvalue weighted by molar-refractivity contribution is 7.25. The van der Waals surface area contributed by atoms with Crippen LogP contribution in [0, 0.1) is 0 Å². The van der Waals surface area contributed by atoms with Gasteiger partial charge in [0.1, 0.15) is 0 Å². The Morgan fingerprint density at radius 1 is 0.463 bits per heavy atom. The minimum absolute atomic E-state index is 0.298. The molecule has 2 aliphatic rings. The first-order valence-electron chi connectivity index (χ1n) is 26.0. The molecule has 54 heavy (non-hydrogen) atoms. The Morgan fingerprint density at radius 3 is 1.91 bits per heavy atom. The minimum atomic E-state index is -2.93. The number of thiophene rings is 1. The van der Waals surface area contributed by atoms with Crippen molar-refractivity contribution < 1.29 is 23.3 Å². The summed E-state index contributed by atoms with van der Waals surface area (Å²) in [6.07, 6.45) is 0. The molecule has 0 aliphatic heterocycles. The van der Waals surface area contributed by atoms with Gasteiger partial charge >= 0.3 is 0 Å². The van der Waals surface area contributed by atoms with Crippen molar-refractivity contribution in [3.8, 4) is 22.3 Å². The molecule has 1 heterocycles. The molecule has 1 aromatic heterocycles. The highest BCUT2D eigenvalue weighted by Crippen LogP contribution is 2.58. The van der Waals surface area contributed by atoms with Gasteiger partial charge in [-0.05, 0) is 104 Å². The van der Waals surface area contributed by atoms with Gasteiger partial charge in [-0.1, -0.05) is 153 Å². The van der Waals surface area contributed by atoms with E-state index in [1.165, 1.54) is 0 Å². The summed E-state index contributed by atoms with van der Waals surface area (Å²) >= 11 is 1.56. The van der Waals surface area contributed by atoms with Crippen LogP contribution in [0.3, 0.4) is 0 Å². The van der Waals surface area contributed by atoms with Gasteiger partial charge in [-0.25, -0.2) is 0 Å². The molecule has 0 radical (unpaired) electrons. The number of rotatable bonds is 5. The van der Waals surface area contributed by atoms with E-state index in [4.69, 9.17) is 11.0 Å². The van der Waals surface area contributed by atoms with Crippen molar-refractivity contribution in [2.45, 2.75) is 24.7 Å². The summed E-state index contributed by atoms with van der Waals surface area (Å²) in [5.41, 5.74) is -2.68. The maximum absolute atomic E-state index is 10.7. The number of fused-ring (bicyclic) bond motifs is 9. The number of hydrogen-bond donors (Lipinski definition) is 0. The second-order valence-electron chi connectivity index (χ2n) is 14.0. The first-order chi connectivity index (χ1) is 33.6. The largest absolute Gasteiger partial charge is 0.310 e. The zero-order chi connectivity index (χ0) is 50.8. The first kappa shape index (κ1) is 18.7. The SMILES string of the molecule is [2H]c1c([2H])c([2H])c(C2(c3c([2H])c([2H])c([2H])c([2H])c3[2H])c3c([2H])c([2H])c([2H])c([2H])c3-c3c([2H])c([2H])c(N(c4ccc5c(c4)C(C)(C)c4ccccc4-5)c4ccc5sc6ccccc6c5c4)c([2H])c32)c([2H])c1[2H]. The van der Waals surface area contributed by atoms with Crippen molar-refractivity contribution in [3.63, 3.8) is 0 Å². The molecule has 9 aromatic rings. The number of anilines is 3. The van der Waals surface area contributed by atoms with E-state index in [2.05, 4.69) is 19.9 Å². The molecule has 256 valence electrons. The fourth-order valence-electron chi connectivity index (χ4n) is 8.47. The monoisotopic (exact) mass is 724 g/mol.